The van der Waals surface area contributed by atoms with Crippen molar-refractivity contribution in [1.82, 2.24) is 0 Å². The van der Waals surface area contributed by atoms with Gasteiger partial charge in [0, 0.05) is 0 Å². The summed E-state index contributed by atoms with van der Waals surface area (Å²) in [5, 5.41) is 0. The predicted octanol–water partition coefficient (Wildman–Crippen LogP) is 4.88. The Morgan fingerprint density at radius 2 is 1.62 bits per heavy atom. The highest BCUT2D eigenvalue weighted by molar-refractivity contribution is 14.2. The van der Waals surface area contributed by atoms with Gasteiger partial charge in [-0.2, -0.15) is 0 Å². The minimum Gasteiger partial charge on any atom is -0.0622 e. The molecule has 0 aliphatic carbocycles. The van der Waals surface area contributed by atoms with Crippen molar-refractivity contribution in [3.05, 3.63) is 37.5 Å². The van der Waals surface area contributed by atoms with Crippen LogP contribution >= 0.6 is 45.2 Å². The normalized spacial score (nSPS) is 10.2. The summed E-state index contributed by atoms with van der Waals surface area (Å²) in [5.74, 6) is 0.589. The summed E-state index contributed by atoms with van der Waals surface area (Å²) in [6.45, 7) is 4.47. The molecule has 0 N–H and O–H groups in total. The molecule has 0 bridgehead atoms. The molecule has 0 saturated carbocycles. The van der Waals surface area contributed by atoms with Crippen molar-refractivity contribution in [2.45, 2.75) is 13.8 Å². The van der Waals surface area contributed by atoms with Crippen LogP contribution in [0.4, 0.5) is 0 Å². The van der Waals surface area contributed by atoms with E-state index in [-0.39, 0.29) is 0 Å². The fourth-order valence-corrected chi connectivity index (χ4v) is 3.15. The summed E-state index contributed by atoms with van der Waals surface area (Å²) in [6, 6.07) is 10.6. The number of hydrogen-bond donors (Lipinski definition) is 0. The quantitative estimate of drug-likeness (QED) is 0.624. The molecule has 0 aliphatic heterocycles. The van der Waals surface area contributed by atoms with E-state index < -0.39 is 0 Å². The van der Waals surface area contributed by atoms with Crippen LogP contribution < -0.4 is 0 Å². The molecule has 0 aliphatic rings. The average molecular weight is 398 g/mol. The van der Waals surface area contributed by atoms with Crippen LogP contribution in [0.3, 0.4) is 0 Å². The van der Waals surface area contributed by atoms with Crippen molar-refractivity contribution in [3.8, 4) is 0 Å². The first kappa shape index (κ1) is 11.5. The van der Waals surface area contributed by atoms with Crippen LogP contribution in [-0.2, 0) is 0 Å². The minimum absolute atomic E-state index is 0.589. The Balaban J connectivity index is 3.12. The lowest BCUT2D eigenvalue weighted by molar-refractivity contribution is 0.857. The molecule has 0 atom stereocenters. The molecular formula is C11H12I2. The van der Waals surface area contributed by atoms with Crippen molar-refractivity contribution in [2.75, 3.05) is 0 Å². The third-order valence-electron chi connectivity index (χ3n) is 1.87. The lowest BCUT2D eigenvalue weighted by Crippen LogP contribution is -1.93. The summed E-state index contributed by atoms with van der Waals surface area (Å²) >= 11 is 4.78. The Kier molecular flexibility index (Phi) is 4.72. The van der Waals surface area contributed by atoms with Crippen molar-refractivity contribution in [1.29, 1.82) is 0 Å². The molecule has 1 aromatic rings. The van der Waals surface area contributed by atoms with Gasteiger partial charge in [0.15, 0.2) is 0 Å². The fourth-order valence-electron chi connectivity index (χ4n) is 1.28. The topological polar surface area (TPSA) is 0 Å². The van der Waals surface area contributed by atoms with Gasteiger partial charge in [-0.1, -0.05) is 44.2 Å². The van der Waals surface area contributed by atoms with E-state index in [1.165, 1.54) is 12.7 Å². The number of halogens is 2. The van der Waals surface area contributed by atoms with Gasteiger partial charge in [-0.25, -0.2) is 0 Å². The van der Waals surface area contributed by atoms with E-state index in [0.29, 0.717) is 5.92 Å². The van der Waals surface area contributed by atoms with Gasteiger partial charge < -0.3 is 0 Å². The van der Waals surface area contributed by atoms with E-state index in [2.05, 4.69) is 89.4 Å². The zero-order valence-corrected chi connectivity index (χ0v) is 12.0. The summed E-state index contributed by atoms with van der Waals surface area (Å²) in [5.41, 5.74) is 2.79. The van der Waals surface area contributed by atoms with Gasteiger partial charge in [-0.15, -0.1) is 0 Å². The highest BCUT2D eigenvalue weighted by atomic mass is 127. The van der Waals surface area contributed by atoms with Crippen molar-refractivity contribution in [3.63, 3.8) is 0 Å². The van der Waals surface area contributed by atoms with Gasteiger partial charge in [-0.05, 0) is 62.2 Å². The summed E-state index contributed by atoms with van der Waals surface area (Å²) < 4.78 is 1.36. The second-order valence-electron chi connectivity index (χ2n) is 3.19. The molecule has 0 nitrogen and oxygen atoms in total. The van der Waals surface area contributed by atoms with Crippen LogP contribution in [0, 0.1) is 5.92 Å². The first-order valence-corrected chi connectivity index (χ1v) is 6.39. The van der Waals surface area contributed by atoms with Gasteiger partial charge >= 0.3 is 0 Å². The monoisotopic (exact) mass is 398 g/mol. The maximum absolute atomic E-state index is 2.39. The molecule has 13 heavy (non-hydrogen) atoms. The first-order valence-electron chi connectivity index (χ1n) is 4.23. The number of allylic oxidation sites excluding steroid dienone is 1. The van der Waals surface area contributed by atoms with Crippen LogP contribution in [0.25, 0.3) is 5.57 Å². The van der Waals surface area contributed by atoms with Gasteiger partial charge in [0.2, 0.25) is 0 Å². The molecule has 2 heteroatoms. The minimum atomic E-state index is 0.589. The first-order chi connectivity index (χ1) is 6.13. The number of rotatable bonds is 2. The van der Waals surface area contributed by atoms with Crippen molar-refractivity contribution >= 4 is 50.8 Å². The zero-order valence-electron chi connectivity index (χ0n) is 7.72. The third-order valence-corrected chi connectivity index (χ3v) is 3.03. The lowest BCUT2D eigenvalue weighted by atomic mass is 9.97. The Morgan fingerprint density at radius 3 is 2.00 bits per heavy atom. The van der Waals surface area contributed by atoms with Gasteiger partial charge in [-0.3, -0.25) is 0 Å². The largest absolute Gasteiger partial charge is 0.0622 e. The molecule has 0 fully saturated rings. The SMILES string of the molecule is CC(C)C(=C(I)I)c1ccccc1. The standard InChI is InChI=1S/C11H12I2/c1-8(2)10(11(12)13)9-6-4-3-5-7-9/h3-8H,1-2H3. The average Bonchev–Trinajstić information content (AvgIpc) is 2.04. The van der Waals surface area contributed by atoms with Crippen LogP contribution in [0.1, 0.15) is 19.4 Å². The number of hydrogen-bond acceptors (Lipinski definition) is 0. The molecule has 0 amide bonds. The van der Waals surface area contributed by atoms with Gasteiger partial charge in [0.25, 0.3) is 0 Å². The van der Waals surface area contributed by atoms with Crippen LogP contribution in [0.15, 0.2) is 31.9 Å². The van der Waals surface area contributed by atoms with E-state index >= 15 is 0 Å². The van der Waals surface area contributed by atoms with Gasteiger partial charge in [0.05, 0.1) is 1.59 Å². The molecule has 0 aromatic heterocycles. The highest BCUT2D eigenvalue weighted by Gasteiger charge is 2.08. The molecular weight excluding hydrogens is 386 g/mol. The fraction of sp³-hybridized carbons (Fsp3) is 0.273. The molecule has 0 heterocycles. The lowest BCUT2D eigenvalue weighted by Gasteiger charge is -2.12. The maximum atomic E-state index is 2.39. The molecule has 1 rings (SSSR count). The van der Waals surface area contributed by atoms with E-state index in [9.17, 15) is 0 Å². The molecule has 0 radical (unpaired) electrons. The van der Waals surface area contributed by atoms with Crippen LogP contribution in [-0.4, -0.2) is 0 Å². The molecule has 70 valence electrons. The Bertz CT molecular complexity index is 295. The molecule has 1 aromatic carbocycles. The Labute approximate surface area is 107 Å². The molecule has 0 unspecified atom stereocenters. The number of benzene rings is 1. The molecule has 0 saturated heterocycles. The summed E-state index contributed by atoms with van der Waals surface area (Å²) in [4.78, 5) is 0. The third kappa shape index (κ3) is 3.23. The summed E-state index contributed by atoms with van der Waals surface area (Å²) in [7, 11) is 0. The molecule has 0 spiro atoms. The van der Waals surface area contributed by atoms with Crippen molar-refractivity contribution in [2.24, 2.45) is 5.92 Å². The van der Waals surface area contributed by atoms with E-state index in [4.69, 9.17) is 0 Å². The smallest absolute Gasteiger partial charge is 0.0554 e. The van der Waals surface area contributed by atoms with Crippen molar-refractivity contribution < 1.29 is 0 Å². The Morgan fingerprint density at radius 1 is 1.08 bits per heavy atom. The van der Waals surface area contributed by atoms with E-state index in [1.807, 2.05) is 0 Å². The van der Waals surface area contributed by atoms with Crippen LogP contribution in [0.2, 0.25) is 0 Å². The zero-order chi connectivity index (χ0) is 9.84. The van der Waals surface area contributed by atoms with Crippen LogP contribution in [0.5, 0.6) is 0 Å². The van der Waals surface area contributed by atoms with E-state index in [1.54, 1.807) is 0 Å². The summed E-state index contributed by atoms with van der Waals surface area (Å²) in [6.07, 6.45) is 0. The van der Waals surface area contributed by atoms with E-state index in [0.717, 1.165) is 0 Å². The Hall–Kier alpha value is 0.420. The second-order valence-corrected chi connectivity index (χ2v) is 7.42. The van der Waals surface area contributed by atoms with Gasteiger partial charge in [0.1, 0.15) is 0 Å². The highest BCUT2D eigenvalue weighted by Crippen LogP contribution is 2.33. The maximum Gasteiger partial charge on any atom is 0.0554 e. The second kappa shape index (κ2) is 5.34. The predicted molar refractivity (Wildman–Crippen MR) is 76.2 cm³/mol.